The lowest BCUT2D eigenvalue weighted by Gasteiger charge is -2.46. The fourth-order valence-electron chi connectivity index (χ4n) is 10.6. The second-order valence-electron chi connectivity index (χ2n) is 22.9. The van der Waals surface area contributed by atoms with E-state index in [-0.39, 0.29) is 18.9 Å². The van der Waals surface area contributed by atoms with Crippen molar-refractivity contribution in [1.29, 1.82) is 0 Å². The first-order valence-electron chi connectivity index (χ1n) is 32.2. The van der Waals surface area contributed by atoms with Crippen LogP contribution in [0.2, 0.25) is 0 Å². The average molecular weight is 1110 g/mol. The smallest absolute Gasteiger partial charge is 0.220 e. The summed E-state index contributed by atoms with van der Waals surface area (Å²) in [6.45, 7) is 2.81. The first-order chi connectivity index (χ1) is 38.1. The molecule has 12 atom stereocenters. The Labute approximate surface area is 474 Å². The Balaban J connectivity index is 1.73. The molecule has 0 aromatic rings. The van der Waals surface area contributed by atoms with Gasteiger partial charge in [0, 0.05) is 6.42 Å². The van der Waals surface area contributed by atoms with Gasteiger partial charge in [-0.15, -0.1) is 0 Å². The third-order valence-corrected chi connectivity index (χ3v) is 15.8. The molecule has 2 aliphatic rings. The number of allylic oxidation sites excluding steroid dienone is 5. The van der Waals surface area contributed by atoms with Crippen molar-refractivity contribution in [3.05, 3.63) is 36.5 Å². The molecular formula is C64H119NO13. The Morgan fingerprint density at radius 3 is 1.26 bits per heavy atom. The molecule has 0 aromatic heterocycles. The second-order valence-corrected chi connectivity index (χ2v) is 22.9. The van der Waals surface area contributed by atoms with Gasteiger partial charge in [-0.25, -0.2) is 0 Å². The van der Waals surface area contributed by atoms with Crippen molar-refractivity contribution in [3.8, 4) is 0 Å². The van der Waals surface area contributed by atoms with E-state index in [1.54, 1.807) is 6.08 Å². The fraction of sp³-hybridized carbons (Fsp3) is 0.891. The number of unbranched alkanes of at least 4 members (excludes halogenated alkanes) is 35. The molecule has 78 heavy (non-hydrogen) atoms. The predicted octanol–water partition coefficient (Wildman–Crippen LogP) is 11.8. The van der Waals surface area contributed by atoms with Crippen LogP contribution in [0, 0.1) is 0 Å². The summed E-state index contributed by atoms with van der Waals surface area (Å²) in [5.74, 6) is -0.246. The number of carbonyl (C=O) groups excluding carboxylic acids is 1. The van der Waals surface area contributed by atoms with Gasteiger partial charge in [-0.05, 0) is 57.8 Å². The summed E-state index contributed by atoms with van der Waals surface area (Å²) in [6.07, 6.45) is 44.8. The molecule has 0 radical (unpaired) electrons. The normalized spacial score (nSPS) is 24.7. The highest BCUT2D eigenvalue weighted by molar-refractivity contribution is 5.76. The monoisotopic (exact) mass is 1110 g/mol. The highest BCUT2D eigenvalue weighted by Crippen LogP contribution is 2.30. The molecule has 0 bridgehead atoms. The fourth-order valence-corrected chi connectivity index (χ4v) is 10.6. The maximum atomic E-state index is 13.3. The van der Waals surface area contributed by atoms with E-state index in [4.69, 9.17) is 18.9 Å². The molecule has 12 unspecified atom stereocenters. The average Bonchev–Trinajstić information content (AvgIpc) is 3.44. The van der Waals surface area contributed by atoms with Gasteiger partial charge in [-0.1, -0.05) is 243 Å². The number of nitrogens with one attached hydrogen (secondary N) is 1. The van der Waals surface area contributed by atoms with E-state index in [2.05, 4.69) is 43.5 Å². The molecule has 2 heterocycles. The molecule has 2 fully saturated rings. The summed E-state index contributed by atoms with van der Waals surface area (Å²) in [5, 5.41) is 87.2. The number of aliphatic hydroxyl groups excluding tert-OH is 8. The quantitative estimate of drug-likeness (QED) is 0.0204. The van der Waals surface area contributed by atoms with Crippen LogP contribution in [0.15, 0.2) is 36.5 Å². The lowest BCUT2D eigenvalue weighted by atomic mass is 9.97. The van der Waals surface area contributed by atoms with Crippen LogP contribution in [0.1, 0.15) is 271 Å². The summed E-state index contributed by atoms with van der Waals surface area (Å²) in [7, 11) is 0. The van der Waals surface area contributed by atoms with Crippen molar-refractivity contribution < 1.29 is 64.6 Å². The number of amides is 1. The van der Waals surface area contributed by atoms with E-state index in [9.17, 15) is 45.6 Å². The molecule has 0 saturated carbocycles. The van der Waals surface area contributed by atoms with Crippen LogP contribution in [-0.2, 0) is 23.7 Å². The highest BCUT2D eigenvalue weighted by Gasteiger charge is 2.51. The van der Waals surface area contributed by atoms with Gasteiger partial charge in [0.05, 0.1) is 32.0 Å². The van der Waals surface area contributed by atoms with Crippen LogP contribution in [0.5, 0.6) is 0 Å². The van der Waals surface area contributed by atoms with Crippen LogP contribution < -0.4 is 5.32 Å². The third kappa shape index (κ3) is 34.6. The number of rotatable bonds is 52. The Bertz CT molecular complexity index is 1450. The van der Waals surface area contributed by atoms with Crippen LogP contribution >= 0.6 is 0 Å². The van der Waals surface area contributed by atoms with Gasteiger partial charge in [0.25, 0.3) is 0 Å². The molecule has 458 valence electrons. The number of ether oxygens (including phenoxy) is 4. The molecule has 2 rings (SSSR count). The van der Waals surface area contributed by atoms with E-state index in [1.807, 2.05) is 6.08 Å². The van der Waals surface area contributed by atoms with Crippen LogP contribution in [0.25, 0.3) is 0 Å². The predicted molar refractivity (Wildman–Crippen MR) is 314 cm³/mol. The molecule has 0 aromatic carbocycles. The van der Waals surface area contributed by atoms with E-state index in [0.29, 0.717) is 12.8 Å². The van der Waals surface area contributed by atoms with Crippen LogP contribution in [0.4, 0.5) is 0 Å². The molecule has 14 heteroatoms. The van der Waals surface area contributed by atoms with Crippen molar-refractivity contribution in [2.24, 2.45) is 0 Å². The second kappa shape index (κ2) is 49.8. The van der Waals surface area contributed by atoms with Crippen molar-refractivity contribution in [3.63, 3.8) is 0 Å². The lowest BCUT2D eigenvalue weighted by molar-refractivity contribution is -0.359. The summed E-state index contributed by atoms with van der Waals surface area (Å²) in [4.78, 5) is 13.3. The van der Waals surface area contributed by atoms with Gasteiger partial charge in [0.15, 0.2) is 12.6 Å². The largest absolute Gasteiger partial charge is 0.394 e. The Kier molecular flexibility index (Phi) is 46.2. The summed E-state index contributed by atoms with van der Waals surface area (Å²) in [5.41, 5.74) is 0. The topological polar surface area (TPSA) is 228 Å². The zero-order valence-corrected chi connectivity index (χ0v) is 49.4. The number of carbonyl (C=O) groups is 1. The Hall–Kier alpha value is -1.79. The van der Waals surface area contributed by atoms with Gasteiger partial charge in [0.2, 0.25) is 5.91 Å². The number of aliphatic hydroxyl groups is 8. The minimum absolute atomic E-state index is 0.246. The Morgan fingerprint density at radius 1 is 0.449 bits per heavy atom. The maximum Gasteiger partial charge on any atom is 0.220 e. The van der Waals surface area contributed by atoms with Crippen molar-refractivity contribution in [2.75, 3.05) is 19.8 Å². The molecule has 0 spiro atoms. The molecule has 1 amide bonds. The molecule has 2 aliphatic heterocycles. The van der Waals surface area contributed by atoms with Crippen molar-refractivity contribution in [1.82, 2.24) is 5.32 Å². The van der Waals surface area contributed by atoms with Crippen molar-refractivity contribution >= 4 is 5.91 Å². The van der Waals surface area contributed by atoms with Crippen LogP contribution in [0.3, 0.4) is 0 Å². The van der Waals surface area contributed by atoms with Crippen LogP contribution in [-0.4, -0.2) is 140 Å². The Morgan fingerprint density at radius 2 is 0.821 bits per heavy atom. The van der Waals surface area contributed by atoms with Gasteiger partial charge in [0.1, 0.15) is 48.8 Å². The first kappa shape index (κ1) is 72.3. The molecule has 0 aliphatic carbocycles. The van der Waals surface area contributed by atoms with Crippen molar-refractivity contribution in [2.45, 2.75) is 344 Å². The zero-order valence-electron chi connectivity index (χ0n) is 49.4. The third-order valence-electron chi connectivity index (χ3n) is 15.8. The molecule has 2 saturated heterocycles. The highest BCUT2D eigenvalue weighted by atomic mass is 16.7. The maximum absolute atomic E-state index is 13.3. The molecule has 9 N–H and O–H groups in total. The number of hydrogen-bond acceptors (Lipinski definition) is 13. The van der Waals surface area contributed by atoms with E-state index < -0.39 is 86.8 Å². The zero-order chi connectivity index (χ0) is 56.7. The van der Waals surface area contributed by atoms with E-state index in [0.717, 1.165) is 32.1 Å². The van der Waals surface area contributed by atoms with Gasteiger partial charge in [-0.3, -0.25) is 4.79 Å². The van der Waals surface area contributed by atoms with Gasteiger partial charge in [-0.2, -0.15) is 0 Å². The molecule has 14 nitrogen and oxygen atoms in total. The standard InChI is InChI=1S/C64H119NO13/c1-3-5-7-9-11-13-15-17-19-21-23-24-25-26-27-28-30-32-34-36-38-40-42-44-46-48-56(69)65-52(53(68)47-45-43-41-39-37-35-33-31-29-22-20-18-16-14-12-10-8-6-4-2)51-75-63-61(74)59(72)62(55(50-67)77-63)78-64-60(73)58(71)57(70)54(49-66)76-64/h21,23,37,39,45,47,52-55,57-64,66-68,70-74H,3-20,22,24-36,38,40-44,46,48-51H2,1-2H3,(H,65,69)/b23-21-,39-37+,47-45+. The van der Waals surface area contributed by atoms with E-state index in [1.165, 1.54) is 205 Å². The minimum atomic E-state index is -1.79. The van der Waals surface area contributed by atoms with Gasteiger partial charge < -0.3 is 65.1 Å². The summed E-state index contributed by atoms with van der Waals surface area (Å²) >= 11 is 0. The lowest BCUT2D eigenvalue weighted by Crippen LogP contribution is -2.65. The first-order valence-corrected chi connectivity index (χ1v) is 32.2. The SMILES string of the molecule is CCCCCCCCCC/C=C\CCCCCCCCCCCCCCCC(=O)NC(COC1OC(CO)C(OC2OC(CO)C(O)C(O)C2O)C(O)C1O)C(O)/C=C/CC/C=C/CCCCCCCCCCCCCCC. The minimum Gasteiger partial charge on any atom is -0.394 e. The number of hydrogen-bond donors (Lipinski definition) is 9. The summed E-state index contributed by atoms with van der Waals surface area (Å²) in [6, 6.07) is -0.931. The summed E-state index contributed by atoms with van der Waals surface area (Å²) < 4.78 is 22.8. The van der Waals surface area contributed by atoms with Gasteiger partial charge >= 0.3 is 0 Å². The molecular weight excluding hydrogens is 991 g/mol. The van der Waals surface area contributed by atoms with E-state index >= 15 is 0 Å².